The van der Waals surface area contributed by atoms with Crippen molar-refractivity contribution >= 4 is 11.8 Å². The number of hydrogen-bond acceptors (Lipinski definition) is 4. The van der Waals surface area contributed by atoms with Crippen LogP contribution in [-0.2, 0) is 20.9 Å². The summed E-state index contributed by atoms with van der Waals surface area (Å²) in [5, 5.41) is 0. The van der Waals surface area contributed by atoms with E-state index < -0.39 is 0 Å². The molecule has 3 aliphatic rings. The average Bonchev–Trinajstić information content (AvgIpc) is 2.98. The van der Waals surface area contributed by atoms with Crippen molar-refractivity contribution in [2.45, 2.75) is 32.2 Å². The van der Waals surface area contributed by atoms with Gasteiger partial charge in [-0.1, -0.05) is 36.4 Å². The zero-order chi connectivity index (χ0) is 17.9. The number of rotatable bonds is 4. The van der Waals surface area contributed by atoms with Crippen molar-refractivity contribution in [3.05, 3.63) is 47.7 Å². The van der Waals surface area contributed by atoms with Crippen LogP contribution in [0.3, 0.4) is 0 Å². The molecule has 2 fully saturated rings. The van der Waals surface area contributed by atoms with Crippen molar-refractivity contribution in [2.75, 3.05) is 26.3 Å². The van der Waals surface area contributed by atoms with Crippen molar-refractivity contribution in [1.29, 1.82) is 0 Å². The van der Waals surface area contributed by atoms with Crippen molar-refractivity contribution < 1.29 is 14.3 Å². The summed E-state index contributed by atoms with van der Waals surface area (Å²) in [6.07, 6.45) is 5.78. The van der Waals surface area contributed by atoms with Crippen LogP contribution in [0, 0.1) is 11.8 Å². The molecule has 5 heteroatoms. The first-order valence-electron chi connectivity index (χ1n) is 9.65. The molecule has 2 unspecified atom stereocenters. The van der Waals surface area contributed by atoms with Gasteiger partial charge in [-0.2, -0.15) is 0 Å². The Kier molecular flexibility index (Phi) is 5.07. The second-order valence-electron chi connectivity index (χ2n) is 7.38. The molecular weight excluding hydrogens is 328 g/mol. The van der Waals surface area contributed by atoms with Gasteiger partial charge >= 0.3 is 0 Å². The molecule has 4 rings (SSSR count). The van der Waals surface area contributed by atoms with Crippen LogP contribution in [0.1, 0.15) is 31.2 Å². The monoisotopic (exact) mass is 354 g/mol. The maximum absolute atomic E-state index is 13.1. The summed E-state index contributed by atoms with van der Waals surface area (Å²) >= 11 is 0. The van der Waals surface area contributed by atoms with E-state index in [0.717, 1.165) is 51.1 Å². The van der Waals surface area contributed by atoms with Crippen LogP contribution in [0.5, 0.6) is 0 Å². The predicted molar refractivity (Wildman–Crippen MR) is 97.9 cm³/mol. The highest BCUT2D eigenvalue weighted by atomic mass is 16.5. The van der Waals surface area contributed by atoms with Crippen molar-refractivity contribution in [3.8, 4) is 0 Å². The Morgan fingerprint density at radius 3 is 2.58 bits per heavy atom. The highest BCUT2D eigenvalue weighted by molar-refractivity contribution is 6.03. The summed E-state index contributed by atoms with van der Waals surface area (Å²) < 4.78 is 5.47. The van der Waals surface area contributed by atoms with E-state index in [-0.39, 0.29) is 23.7 Å². The number of allylic oxidation sites excluding steroid dienone is 2. The molecule has 26 heavy (non-hydrogen) atoms. The molecule has 2 atom stereocenters. The van der Waals surface area contributed by atoms with E-state index in [9.17, 15) is 9.59 Å². The number of hydrogen-bond donors (Lipinski definition) is 0. The van der Waals surface area contributed by atoms with Crippen molar-refractivity contribution in [1.82, 2.24) is 9.80 Å². The molecule has 0 radical (unpaired) electrons. The number of imide groups is 1. The lowest BCUT2D eigenvalue weighted by molar-refractivity contribution is -0.140. The Labute approximate surface area is 154 Å². The fraction of sp³-hybridized carbons (Fsp3) is 0.524. The number of likely N-dealkylation sites (tertiary alicyclic amines) is 1. The van der Waals surface area contributed by atoms with E-state index in [1.807, 2.05) is 30.3 Å². The lowest BCUT2D eigenvalue weighted by atomic mass is 9.80. The van der Waals surface area contributed by atoms with E-state index >= 15 is 0 Å². The molecule has 5 nitrogen and oxygen atoms in total. The summed E-state index contributed by atoms with van der Waals surface area (Å²) in [5.74, 6) is -0.0691. The summed E-state index contributed by atoms with van der Waals surface area (Å²) in [7, 11) is 0. The first-order chi connectivity index (χ1) is 12.7. The molecule has 0 spiro atoms. The number of morpholine rings is 1. The normalized spacial score (nSPS) is 27.0. The van der Waals surface area contributed by atoms with Gasteiger partial charge in [0.15, 0.2) is 0 Å². The van der Waals surface area contributed by atoms with Crippen molar-refractivity contribution in [3.63, 3.8) is 0 Å². The lowest BCUT2D eigenvalue weighted by Crippen LogP contribution is -2.41. The van der Waals surface area contributed by atoms with Gasteiger partial charge in [0.05, 0.1) is 25.7 Å². The van der Waals surface area contributed by atoms with Gasteiger partial charge in [-0.15, -0.1) is 0 Å². The molecule has 0 aromatic heterocycles. The summed E-state index contributed by atoms with van der Waals surface area (Å²) in [6.45, 7) is 3.62. The number of carbonyl (C=O) groups excluding carboxylic acids is 2. The molecule has 0 N–H and O–H groups in total. The molecule has 2 aliphatic heterocycles. The topological polar surface area (TPSA) is 49.9 Å². The number of ether oxygens (including phenoxy) is 1. The minimum Gasteiger partial charge on any atom is -0.378 e. The van der Waals surface area contributed by atoms with Gasteiger partial charge in [-0.3, -0.25) is 14.5 Å². The number of benzene rings is 1. The zero-order valence-electron chi connectivity index (χ0n) is 15.1. The molecule has 1 aromatic rings. The van der Waals surface area contributed by atoms with Gasteiger partial charge in [0.2, 0.25) is 11.8 Å². The van der Waals surface area contributed by atoms with Crippen LogP contribution >= 0.6 is 0 Å². The van der Waals surface area contributed by atoms with Gasteiger partial charge < -0.3 is 9.64 Å². The van der Waals surface area contributed by atoms with Gasteiger partial charge in [0.1, 0.15) is 0 Å². The van der Waals surface area contributed by atoms with Crippen LogP contribution in [-0.4, -0.2) is 47.9 Å². The fourth-order valence-corrected chi connectivity index (χ4v) is 4.43. The Morgan fingerprint density at radius 1 is 1.04 bits per heavy atom. The molecule has 2 amide bonds. The smallest absolute Gasteiger partial charge is 0.233 e. The lowest BCUT2D eigenvalue weighted by Gasteiger charge is -2.38. The van der Waals surface area contributed by atoms with E-state index in [0.29, 0.717) is 13.0 Å². The Bertz CT molecular complexity index is 694. The number of carbonyl (C=O) groups is 2. The second-order valence-corrected chi connectivity index (χ2v) is 7.38. The standard InChI is InChI=1S/C21H26N2O3/c24-20-14-18(21(25)23(20)15-16-6-2-1-3-7-16)17-8-4-5-9-19(17)22-10-12-26-13-11-22/h1-3,6-7,9,17-18H,4-5,8,10-15H2. The van der Waals surface area contributed by atoms with Crippen LogP contribution in [0.25, 0.3) is 0 Å². The van der Waals surface area contributed by atoms with E-state index in [1.165, 1.54) is 10.6 Å². The molecule has 0 saturated carbocycles. The Hall–Kier alpha value is -2.14. The quantitative estimate of drug-likeness (QED) is 0.780. The van der Waals surface area contributed by atoms with Crippen LogP contribution in [0.15, 0.2) is 42.1 Å². The Morgan fingerprint density at radius 2 is 1.81 bits per heavy atom. The predicted octanol–water partition coefficient (Wildman–Crippen LogP) is 2.58. The molecule has 1 aliphatic carbocycles. The molecular formula is C21H26N2O3. The number of amides is 2. The van der Waals surface area contributed by atoms with E-state index in [1.54, 1.807) is 0 Å². The minimum absolute atomic E-state index is 0.00455. The molecule has 1 aromatic carbocycles. The van der Waals surface area contributed by atoms with Crippen LogP contribution in [0.4, 0.5) is 0 Å². The first-order valence-corrected chi connectivity index (χ1v) is 9.65. The zero-order valence-corrected chi connectivity index (χ0v) is 15.1. The van der Waals surface area contributed by atoms with Crippen LogP contribution < -0.4 is 0 Å². The average molecular weight is 354 g/mol. The van der Waals surface area contributed by atoms with Gasteiger partial charge in [0.25, 0.3) is 0 Å². The molecule has 2 saturated heterocycles. The first kappa shape index (κ1) is 17.3. The number of nitrogens with zero attached hydrogens (tertiary/aromatic N) is 2. The molecule has 138 valence electrons. The summed E-state index contributed by atoms with van der Waals surface area (Å²) in [4.78, 5) is 29.5. The molecule has 2 heterocycles. The fourth-order valence-electron chi connectivity index (χ4n) is 4.43. The molecule has 0 bridgehead atoms. The second kappa shape index (κ2) is 7.62. The third-order valence-corrected chi connectivity index (χ3v) is 5.78. The highest BCUT2D eigenvalue weighted by Crippen LogP contribution is 2.39. The third kappa shape index (κ3) is 3.40. The summed E-state index contributed by atoms with van der Waals surface area (Å²) in [5.41, 5.74) is 2.27. The van der Waals surface area contributed by atoms with E-state index in [2.05, 4.69) is 11.0 Å². The minimum atomic E-state index is -0.208. The maximum atomic E-state index is 13.1. The SMILES string of the molecule is O=C1CC(C2CCCC=C2N2CCOCC2)C(=O)N1Cc1ccccc1. The van der Waals surface area contributed by atoms with Gasteiger partial charge in [0, 0.05) is 31.1 Å². The third-order valence-electron chi connectivity index (χ3n) is 5.78. The maximum Gasteiger partial charge on any atom is 0.233 e. The van der Waals surface area contributed by atoms with E-state index in [4.69, 9.17) is 4.74 Å². The van der Waals surface area contributed by atoms with Gasteiger partial charge in [-0.05, 0) is 24.8 Å². The van der Waals surface area contributed by atoms with Crippen LogP contribution in [0.2, 0.25) is 0 Å². The van der Waals surface area contributed by atoms with Gasteiger partial charge in [-0.25, -0.2) is 0 Å². The highest BCUT2D eigenvalue weighted by Gasteiger charge is 2.45. The summed E-state index contributed by atoms with van der Waals surface area (Å²) in [6, 6.07) is 9.76. The Balaban J connectivity index is 1.51. The largest absolute Gasteiger partial charge is 0.378 e. The van der Waals surface area contributed by atoms with Crippen molar-refractivity contribution in [2.24, 2.45) is 11.8 Å².